The van der Waals surface area contributed by atoms with E-state index in [-0.39, 0.29) is 0 Å². The quantitative estimate of drug-likeness (QED) is 0.739. The van der Waals surface area contributed by atoms with Gasteiger partial charge in [-0.05, 0) is 40.8 Å². The first-order valence-electron chi connectivity index (χ1n) is 6.26. The Kier molecular flexibility index (Phi) is 3.33. The summed E-state index contributed by atoms with van der Waals surface area (Å²) in [5.41, 5.74) is 2.09. The zero-order chi connectivity index (χ0) is 12.6. The Balaban J connectivity index is 2.26. The van der Waals surface area contributed by atoms with E-state index in [4.69, 9.17) is 0 Å². The van der Waals surface area contributed by atoms with Crippen LogP contribution in [0.1, 0.15) is 25.2 Å². The molecule has 1 fully saturated rings. The smallest absolute Gasteiger partial charge is 0.226 e. The lowest BCUT2D eigenvalue weighted by atomic mass is 10.1. The summed E-state index contributed by atoms with van der Waals surface area (Å²) in [5, 5.41) is 0. The molecule has 1 aromatic heterocycles. The van der Waals surface area contributed by atoms with Gasteiger partial charge in [-0.25, -0.2) is 9.97 Å². The topological polar surface area (TPSA) is 32.3 Å². The van der Waals surface area contributed by atoms with Gasteiger partial charge in [0.15, 0.2) is 0 Å². The van der Waals surface area contributed by atoms with E-state index in [0.717, 1.165) is 30.4 Å². The monoisotopic (exact) mass is 234 g/mol. The minimum Gasteiger partial charge on any atom is -0.335 e. The van der Waals surface area contributed by atoms with Crippen LogP contribution in [0.25, 0.3) is 0 Å². The van der Waals surface area contributed by atoms with E-state index in [1.54, 1.807) is 0 Å². The van der Waals surface area contributed by atoms with Gasteiger partial charge in [-0.1, -0.05) is 0 Å². The van der Waals surface area contributed by atoms with Gasteiger partial charge in [0, 0.05) is 36.6 Å². The molecule has 2 heterocycles. The Morgan fingerprint density at radius 2 is 1.65 bits per heavy atom. The fraction of sp³-hybridized carbons (Fsp3) is 0.692. The molecule has 17 heavy (non-hydrogen) atoms. The average molecular weight is 234 g/mol. The number of hydrogen-bond donors (Lipinski definition) is 0. The molecule has 1 aliphatic heterocycles. The number of aromatic nitrogens is 2. The third kappa shape index (κ3) is 2.57. The summed E-state index contributed by atoms with van der Waals surface area (Å²) < 4.78 is 0. The van der Waals surface area contributed by atoms with E-state index in [9.17, 15) is 0 Å². The van der Waals surface area contributed by atoms with Crippen molar-refractivity contribution < 1.29 is 0 Å². The summed E-state index contributed by atoms with van der Waals surface area (Å²) in [6.07, 6.45) is 0. The predicted molar refractivity (Wildman–Crippen MR) is 70.4 cm³/mol. The van der Waals surface area contributed by atoms with Crippen LogP contribution in [0.3, 0.4) is 0 Å². The molecular formula is C13H22N4. The van der Waals surface area contributed by atoms with Crippen LogP contribution in [0.4, 0.5) is 5.95 Å². The summed E-state index contributed by atoms with van der Waals surface area (Å²) in [6, 6.07) is 3.04. The van der Waals surface area contributed by atoms with Gasteiger partial charge in [0.25, 0.3) is 0 Å². The van der Waals surface area contributed by atoms with Gasteiger partial charge in [-0.2, -0.15) is 0 Å². The van der Waals surface area contributed by atoms with Crippen molar-refractivity contribution in [2.45, 2.75) is 39.8 Å². The molecule has 1 saturated heterocycles. The molecule has 94 valence electrons. The molecular weight excluding hydrogens is 212 g/mol. The third-order valence-corrected chi connectivity index (χ3v) is 3.53. The van der Waals surface area contributed by atoms with E-state index >= 15 is 0 Å². The predicted octanol–water partition coefficient (Wildman–Crippen LogP) is 1.62. The van der Waals surface area contributed by atoms with Gasteiger partial charge in [0.2, 0.25) is 5.95 Å². The van der Waals surface area contributed by atoms with Gasteiger partial charge in [-0.15, -0.1) is 0 Å². The first kappa shape index (κ1) is 12.3. The van der Waals surface area contributed by atoms with E-state index in [2.05, 4.69) is 40.7 Å². The second-order valence-corrected chi connectivity index (χ2v) is 5.24. The SMILES string of the molecule is Cc1cc(C)nc(N2C[C@@H](C)N(C)C[C@H]2C)n1. The number of aryl methyl sites for hydroxylation is 2. The van der Waals surface area contributed by atoms with Crippen LogP contribution in [0, 0.1) is 13.8 Å². The van der Waals surface area contributed by atoms with Crippen LogP contribution in [-0.2, 0) is 0 Å². The van der Waals surface area contributed by atoms with Gasteiger partial charge in [-0.3, -0.25) is 4.90 Å². The van der Waals surface area contributed by atoms with Crippen molar-refractivity contribution in [3.05, 3.63) is 17.5 Å². The number of rotatable bonds is 1. The van der Waals surface area contributed by atoms with Crippen molar-refractivity contribution in [1.29, 1.82) is 0 Å². The maximum Gasteiger partial charge on any atom is 0.226 e. The maximum atomic E-state index is 4.56. The molecule has 0 unspecified atom stereocenters. The second kappa shape index (κ2) is 4.61. The third-order valence-electron chi connectivity index (χ3n) is 3.53. The number of hydrogen-bond acceptors (Lipinski definition) is 4. The van der Waals surface area contributed by atoms with Crippen molar-refractivity contribution >= 4 is 5.95 Å². The molecule has 0 aromatic carbocycles. The maximum absolute atomic E-state index is 4.56. The Labute approximate surface area is 104 Å². The van der Waals surface area contributed by atoms with Crippen molar-refractivity contribution in [2.75, 3.05) is 25.0 Å². The largest absolute Gasteiger partial charge is 0.335 e. The molecule has 2 atom stereocenters. The standard InChI is InChI=1S/C13H22N4/c1-9-6-10(2)15-13(14-9)17-8-11(3)16(5)7-12(17)4/h6,11-12H,7-8H2,1-5H3/t11-,12-/m1/s1. The van der Waals surface area contributed by atoms with Crippen LogP contribution in [0.2, 0.25) is 0 Å². The Morgan fingerprint density at radius 1 is 1.06 bits per heavy atom. The lowest BCUT2D eigenvalue weighted by Crippen LogP contribution is -2.55. The molecule has 1 aromatic rings. The molecule has 0 aliphatic carbocycles. The molecule has 0 saturated carbocycles. The lowest BCUT2D eigenvalue weighted by Gasteiger charge is -2.42. The van der Waals surface area contributed by atoms with Crippen molar-refractivity contribution in [1.82, 2.24) is 14.9 Å². The first-order valence-corrected chi connectivity index (χ1v) is 6.26. The van der Waals surface area contributed by atoms with Gasteiger partial charge in [0.05, 0.1) is 0 Å². The van der Waals surface area contributed by atoms with E-state index in [1.165, 1.54) is 0 Å². The number of likely N-dealkylation sites (N-methyl/N-ethyl adjacent to an activating group) is 1. The molecule has 0 spiro atoms. The molecule has 0 radical (unpaired) electrons. The second-order valence-electron chi connectivity index (χ2n) is 5.24. The van der Waals surface area contributed by atoms with E-state index in [1.807, 2.05) is 19.9 Å². The van der Waals surface area contributed by atoms with Gasteiger partial charge < -0.3 is 4.90 Å². The summed E-state index contributed by atoms with van der Waals surface area (Å²) >= 11 is 0. The normalized spacial score (nSPS) is 26.3. The first-order chi connectivity index (χ1) is 7.97. The molecule has 4 nitrogen and oxygen atoms in total. The highest BCUT2D eigenvalue weighted by Crippen LogP contribution is 2.19. The zero-order valence-corrected chi connectivity index (χ0v) is 11.4. The molecule has 0 bridgehead atoms. The highest BCUT2D eigenvalue weighted by molar-refractivity contribution is 5.35. The fourth-order valence-electron chi connectivity index (χ4n) is 2.41. The summed E-state index contributed by atoms with van der Waals surface area (Å²) in [5.74, 6) is 0.884. The van der Waals surface area contributed by atoms with Crippen LogP contribution in [-0.4, -0.2) is 47.1 Å². The zero-order valence-electron chi connectivity index (χ0n) is 11.4. The summed E-state index contributed by atoms with van der Waals surface area (Å²) in [4.78, 5) is 13.8. The molecule has 2 rings (SSSR count). The number of anilines is 1. The molecule has 4 heteroatoms. The number of piperazine rings is 1. The molecule has 0 amide bonds. The van der Waals surface area contributed by atoms with Crippen LogP contribution in [0.5, 0.6) is 0 Å². The lowest BCUT2D eigenvalue weighted by molar-refractivity contribution is 0.204. The molecule has 0 N–H and O–H groups in total. The highest BCUT2D eigenvalue weighted by atomic mass is 15.3. The number of nitrogens with zero attached hydrogens (tertiary/aromatic N) is 4. The Hall–Kier alpha value is -1.16. The molecule has 1 aliphatic rings. The fourth-order valence-corrected chi connectivity index (χ4v) is 2.41. The minimum absolute atomic E-state index is 0.470. The Bertz CT molecular complexity index is 384. The van der Waals surface area contributed by atoms with Gasteiger partial charge in [0.1, 0.15) is 0 Å². The van der Waals surface area contributed by atoms with Crippen molar-refractivity contribution in [2.24, 2.45) is 0 Å². The average Bonchev–Trinajstić information content (AvgIpc) is 2.22. The van der Waals surface area contributed by atoms with Crippen LogP contribution in [0.15, 0.2) is 6.07 Å². The van der Waals surface area contributed by atoms with Crippen molar-refractivity contribution in [3.63, 3.8) is 0 Å². The van der Waals surface area contributed by atoms with Crippen LogP contribution < -0.4 is 4.90 Å². The summed E-state index contributed by atoms with van der Waals surface area (Å²) in [7, 11) is 2.18. The van der Waals surface area contributed by atoms with Crippen LogP contribution >= 0.6 is 0 Å². The van der Waals surface area contributed by atoms with Gasteiger partial charge >= 0.3 is 0 Å². The van der Waals surface area contributed by atoms with Crippen molar-refractivity contribution in [3.8, 4) is 0 Å². The van der Waals surface area contributed by atoms with E-state index in [0.29, 0.717) is 12.1 Å². The Morgan fingerprint density at radius 3 is 2.24 bits per heavy atom. The van der Waals surface area contributed by atoms with E-state index < -0.39 is 0 Å². The summed E-state index contributed by atoms with van der Waals surface area (Å²) in [6.45, 7) is 10.6. The highest BCUT2D eigenvalue weighted by Gasteiger charge is 2.28. The minimum atomic E-state index is 0.470.